The number of carbonyl (C=O) groups is 4. The van der Waals surface area contributed by atoms with E-state index in [1.807, 2.05) is 0 Å². The van der Waals surface area contributed by atoms with Crippen LogP contribution in [0.25, 0.3) is 0 Å². The molecule has 10 N–H and O–H groups in total. The number of aliphatic hydroxyl groups is 2. The van der Waals surface area contributed by atoms with Crippen molar-refractivity contribution in [3.63, 3.8) is 0 Å². The highest BCUT2D eigenvalue weighted by molar-refractivity contribution is 7.52. The SMILES string of the molecule is CC(CO)N(CC(=O)ON)CC(=O)ON.O=C(O)CN(CC(=O)O)CC(O)P(=O)(O)O. The maximum atomic E-state index is 10.9. The number of nitrogens with zero attached hydrogens (tertiary/aromatic N) is 2. The summed E-state index contributed by atoms with van der Waals surface area (Å²) in [6.07, 6.45) is 0. The topological polar surface area (TPSA) is 284 Å². The number of carboxylic acids is 2. The Morgan fingerprint density at radius 1 is 0.935 bits per heavy atom. The number of carbonyl (C=O) groups excluding carboxylic acids is 2. The number of hydrogen-bond donors (Lipinski definition) is 8. The highest BCUT2D eigenvalue weighted by atomic mass is 31.2. The molecular weight excluding hydrogens is 451 g/mol. The van der Waals surface area contributed by atoms with E-state index in [-0.39, 0.29) is 19.7 Å². The van der Waals surface area contributed by atoms with Crippen molar-refractivity contribution in [1.82, 2.24) is 9.80 Å². The molecule has 0 rings (SSSR count). The van der Waals surface area contributed by atoms with Gasteiger partial charge in [-0.05, 0) is 6.92 Å². The molecule has 31 heavy (non-hydrogen) atoms. The molecule has 0 bridgehead atoms. The highest BCUT2D eigenvalue weighted by Crippen LogP contribution is 2.39. The van der Waals surface area contributed by atoms with Gasteiger partial charge >= 0.3 is 31.5 Å². The van der Waals surface area contributed by atoms with Gasteiger partial charge in [0.1, 0.15) is 0 Å². The minimum absolute atomic E-state index is 0.226. The van der Waals surface area contributed by atoms with Gasteiger partial charge in [-0.25, -0.2) is 9.59 Å². The van der Waals surface area contributed by atoms with Gasteiger partial charge in [0.15, 0.2) is 5.85 Å². The third kappa shape index (κ3) is 16.2. The number of aliphatic hydroxyl groups excluding tert-OH is 2. The lowest BCUT2D eigenvalue weighted by Crippen LogP contribution is -2.44. The molecule has 0 fully saturated rings. The van der Waals surface area contributed by atoms with E-state index in [1.54, 1.807) is 6.92 Å². The first-order chi connectivity index (χ1) is 14.2. The molecule has 0 saturated heterocycles. The fourth-order valence-corrected chi connectivity index (χ4v) is 2.24. The molecule has 0 aliphatic rings. The van der Waals surface area contributed by atoms with Crippen molar-refractivity contribution >= 4 is 31.5 Å². The molecule has 2 unspecified atom stereocenters. The molecule has 0 aliphatic carbocycles. The third-order valence-electron chi connectivity index (χ3n) is 3.34. The average molecular weight is 478 g/mol. The van der Waals surface area contributed by atoms with Crippen LogP contribution in [0.1, 0.15) is 6.92 Å². The molecule has 0 aromatic heterocycles. The molecule has 0 aromatic rings. The fraction of sp³-hybridized carbons (Fsp3) is 0.692. The van der Waals surface area contributed by atoms with Gasteiger partial charge in [-0.3, -0.25) is 24.0 Å². The number of nitrogens with two attached hydrogens (primary N) is 2. The second kappa shape index (κ2) is 15.6. The molecular formula is C13H27N4O13P. The lowest BCUT2D eigenvalue weighted by molar-refractivity contribution is -0.151. The molecule has 0 heterocycles. The van der Waals surface area contributed by atoms with Crippen LogP contribution in [0.5, 0.6) is 0 Å². The molecule has 18 heteroatoms. The molecule has 0 radical (unpaired) electrons. The number of rotatable bonds is 13. The van der Waals surface area contributed by atoms with Gasteiger partial charge in [0.25, 0.3) is 0 Å². The second-order valence-electron chi connectivity index (χ2n) is 5.94. The predicted octanol–water partition coefficient (Wildman–Crippen LogP) is -4.54. The molecule has 0 saturated carbocycles. The maximum absolute atomic E-state index is 10.9. The molecule has 0 aliphatic heterocycles. The minimum atomic E-state index is -4.77. The largest absolute Gasteiger partial charge is 0.480 e. The molecule has 0 aromatic carbocycles. The summed E-state index contributed by atoms with van der Waals surface area (Å²) >= 11 is 0. The van der Waals surface area contributed by atoms with E-state index in [1.165, 1.54) is 4.90 Å². The Morgan fingerprint density at radius 2 is 1.32 bits per heavy atom. The summed E-state index contributed by atoms with van der Waals surface area (Å²) in [5, 5.41) is 34.7. The Bertz CT molecular complexity index is 609. The normalized spacial score (nSPS) is 13.1. The van der Waals surface area contributed by atoms with Crippen molar-refractivity contribution in [3.8, 4) is 0 Å². The van der Waals surface area contributed by atoms with Crippen molar-refractivity contribution in [2.24, 2.45) is 11.8 Å². The van der Waals surface area contributed by atoms with E-state index in [0.717, 1.165) is 0 Å². The first-order valence-corrected chi connectivity index (χ1v) is 9.89. The number of aliphatic carboxylic acids is 2. The van der Waals surface area contributed by atoms with Crippen LogP contribution in [-0.4, -0.2) is 115 Å². The molecule has 182 valence electrons. The van der Waals surface area contributed by atoms with E-state index in [2.05, 4.69) is 21.5 Å². The molecule has 0 amide bonds. The van der Waals surface area contributed by atoms with Crippen LogP contribution < -0.4 is 11.8 Å². The zero-order valence-corrected chi connectivity index (χ0v) is 17.3. The zero-order valence-electron chi connectivity index (χ0n) is 16.4. The lowest BCUT2D eigenvalue weighted by Gasteiger charge is -2.24. The van der Waals surface area contributed by atoms with Gasteiger partial charge in [0.05, 0.1) is 32.8 Å². The molecule has 17 nitrogen and oxygen atoms in total. The third-order valence-corrected chi connectivity index (χ3v) is 4.28. The summed E-state index contributed by atoms with van der Waals surface area (Å²) < 4.78 is 10.6. The van der Waals surface area contributed by atoms with Gasteiger partial charge in [-0.15, -0.1) is 0 Å². The van der Waals surface area contributed by atoms with Crippen LogP contribution >= 0.6 is 7.60 Å². The smallest absolute Gasteiger partial charge is 0.355 e. The van der Waals surface area contributed by atoms with E-state index in [9.17, 15) is 23.7 Å². The van der Waals surface area contributed by atoms with Crippen LogP contribution in [-0.2, 0) is 33.4 Å². The van der Waals surface area contributed by atoms with Gasteiger partial charge in [0.2, 0.25) is 0 Å². The minimum Gasteiger partial charge on any atom is -0.480 e. The lowest BCUT2D eigenvalue weighted by atomic mass is 10.3. The maximum Gasteiger partial charge on any atom is 0.355 e. The zero-order chi connectivity index (χ0) is 24.8. The summed E-state index contributed by atoms with van der Waals surface area (Å²) in [5.74, 6) is 3.02. The quantitative estimate of drug-likeness (QED) is 0.0913. The summed E-state index contributed by atoms with van der Waals surface area (Å²) in [7, 11) is -4.77. The van der Waals surface area contributed by atoms with Crippen molar-refractivity contribution < 1.29 is 63.6 Å². The van der Waals surface area contributed by atoms with Gasteiger partial charge in [-0.2, -0.15) is 11.8 Å². The average Bonchev–Trinajstić information content (AvgIpc) is 2.65. The Hall–Kier alpha value is -2.21. The fourth-order valence-electron chi connectivity index (χ4n) is 1.79. The van der Waals surface area contributed by atoms with Gasteiger partial charge in [-0.1, -0.05) is 0 Å². The Kier molecular flexibility index (Phi) is 15.6. The Labute approximate surface area is 175 Å². The summed E-state index contributed by atoms with van der Waals surface area (Å²) in [5.41, 5.74) is 0. The first kappa shape index (κ1) is 31.0. The number of hydrogen-bond acceptors (Lipinski definition) is 13. The van der Waals surface area contributed by atoms with Crippen LogP contribution in [0.15, 0.2) is 0 Å². The Balaban J connectivity index is 0. The van der Waals surface area contributed by atoms with Crippen molar-refractivity contribution in [1.29, 1.82) is 0 Å². The monoisotopic (exact) mass is 478 g/mol. The summed E-state index contributed by atoms with van der Waals surface area (Å²) in [6.45, 7) is -1.26. The van der Waals surface area contributed by atoms with Crippen LogP contribution in [0.4, 0.5) is 0 Å². The van der Waals surface area contributed by atoms with Crippen molar-refractivity contribution in [2.45, 2.75) is 18.8 Å². The van der Waals surface area contributed by atoms with E-state index >= 15 is 0 Å². The van der Waals surface area contributed by atoms with E-state index in [4.69, 9.17) is 30.2 Å². The van der Waals surface area contributed by atoms with Crippen LogP contribution in [0.2, 0.25) is 0 Å². The number of carboxylic acid groups (broad SMARTS) is 2. The summed E-state index contributed by atoms with van der Waals surface area (Å²) in [4.78, 5) is 69.3. The predicted molar refractivity (Wildman–Crippen MR) is 98.4 cm³/mol. The van der Waals surface area contributed by atoms with Crippen LogP contribution in [0.3, 0.4) is 0 Å². The van der Waals surface area contributed by atoms with Crippen LogP contribution in [0, 0.1) is 0 Å². The van der Waals surface area contributed by atoms with Gasteiger partial charge < -0.3 is 39.9 Å². The van der Waals surface area contributed by atoms with E-state index in [0.29, 0.717) is 4.90 Å². The summed E-state index contributed by atoms with van der Waals surface area (Å²) in [6, 6.07) is -0.414. The van der Waals surface area contributed by atoms with E-state index < -0.39 is 63.0 Å². The van der Waals surface area contributed by atoms with Crippen molar-refractivity contribution in [3.05, 3.63) is 0 Å². The first-order valence-electron chi connectivity index (χ1n) is 8.21. The standard InChI is InChI=1S/C7H15N3O5.C6H12NO8P/c1-5(4-11)10(2-6(12)14-8)3-7(13)15-9;8-4(9)1-7(2-5(10)11)3-6(12)16(13,14)15/h5,11H,2-4,8-9H2,1H3;6,12H,1-3H2,(H,8,9)(H,10,11)(H2,13,14,15). The molecule has 2 atom stereocenters. The molecule has 0 spiro atoms. The second-order valence-corrected chi connectivity index (χ2v) is 7.72. The Morgan fingerprint density at radius 3 is 1.58 bits per heavy atom. The van der Waals surface area contributed by atoms with Crippen molar-refractivity contribution in [2.75, 3.05) is 39.3 Å². The van der Waals surface area contributed by atoms with Gasteiger partial charge in [0, 0.05) is 12.6 Å². The highest BCUT2D eigenvalue weighted by Gasteiger charge is 2.29.